The van der Waals surface area contributed by atoms with Crippen LogP contribution >= 0.6 is 0 Å². The van der Waals surface area contributed by atoms with Crippen LogP contribution in [0.2, 0.25) is 0 Å². The van der Waals surface area contributed by atoms with Crippen molar-refractivity contribution in [2.24, 2.45) is 5.73 Å². The van der Waals surface area contributed by atoms with Crippen LogP contribution in [0.25, 0.3) is 0 Å². The third-order valence-corrected chi connectivity index (χ3v) is 5.36. The van der Waals surface area contributed by atoms with Crippen LogP contribution in [0.15, 0.2) is 29.2 Å². The summed E-state index contributed by atoms with van der Waals surface area (Å²) in [6.45, 7) is 1.78. The highest BCUT2D eigenvalue weighted by Gasteiger charge is 2.28. The van der Waals surface area contributed by atoms with Crippen LogP contribution in [0.4, 0.5) is 0 Å². The summed E-state index contributed by atoms with van der Waals surface area (Å²) in [5.41, 5.74) is 6.97. The summed E-state index contributed by atoms with van der Waals surface area (Å²) in [6.07, 6.45) is 1.73. The Kier molecular flexibility index (Phi) is 4.80. The number of hydrogen-bond acceptors (Lipinski definition) is 4. The van der Waals surface area contributed by atoms with Gasteiger partial charge < -0.3 is 10.6 Å². The molecule has 0 aromatic heterocycles. The number of sulfonamides is 1. The molecular formula is C14H23N3O2S. The molecule has 1 aromatic rings. The number of benzene rings is 1. The summed E-state index contributed by atoms with van der Waals surface area (Å²) in [7, 11) is 0.571. The number of piperidine rings is 1. The molecule has 1 aliphatic rings. The minimum Gasteiger partial charge on any atom is -0.327 e. The molecule has 2 N–H and O–H groups in total. The second-order valence-corrected chi connectivity index (χ2v) is 7.59. The highest BCUT2D eigenvalue weighted by atomic mass is 32.2. The van der Waals surface area contributed by atoms with Gasteiger partial charge in [-0.1, -0.05) is 12.1 Å². The van der Waals surface area contributed by atoms with Crippen molar-refractivity contribution in [3.05, 3.63) is 29.8 Å². The van der Waals surface area contributed by atoms with E-state index >= 15 is 0 Å². The standard InChI is InChI=1S/C14H23N3O2S/c1-16(2)10-12-5-7-14(8-6-12)20(18,19)17-9-3-4-13(15)11-17/h5-8,13H,3-4,9-11,15H2,1-2H3. The molecule has 1 heterocycles. The lowest BCUT2D eigenvalue weighted by atomic mass is 10.1. The summed E-state index contributed by atoms with van der Waals surface area (Å²) in [4.78, 5) is 2.40. The molecule has 0 saturated carbocycles. The summed E-state index contributed by atoms with van der Waals surface area (Å²) in [5, 5.41) is 0. The highest BCUT2D eigenvalue weighted by Crippen LogP contribution is 2.20. The highest BCUT2D eigenvalue weighted by molar-refractivity contribution is 7.89. The van der Waals surface area contributed by atoms with Crippen molar-refractivity contribution in [1.29, 1.82) is 0 Å². The van der Waals surface area contributed by atoms with E-state index in [4.69, 9.17) is 5.73 Å². The minimum absolute atomic E-state index is 0.0495. The molecule has 0 bridgehead atoms. The van der Waals surface area contributed by atoms with Crippen molar-refractivity contribution < 1.29 is 8.42 Å². The molecule has 6 heteroatoms. The van der Waals surface area contributed by atoms with Gasteiger partial charge >= 0.3 is 0 Å². The molecule has 20 heavy (non-hydrogen) atoms. The molecule has 1 saturated heterocycles. The SMILES string of the molecule is CN(C)Cc1ccc(S(=O)(=O)N2CCCC(N)C2)cc1. The fourth-order valence-corrected chi connectivity index (χ4v) is 4.01. The number of nitrogens with two attached hydrogens (primary N) is 1. The van der Waals surface area contributed by atoms with Crippen LogP contribution in [-0.4, -0.2) is 50.8 Å². The van der Waals surface area contributed by atoms with Gasteiger partial charge in [0, 0.05) is 25.7 Å². The maximum Gasteiger partial charge on any atom is 0.243 e. The van der Waals surface area contributed by atoms with E-state index < -0.39 is 10.0 Å². The lowest BCUT2D eigenvalue weighted by molar-refractivity contribution is 0.316. The van der Waals surface area contributed by atoms with Gasteiger partial charge in [0.2, 0.25) is 10.0 Å². The first kappa shape index (κ1) is 15.4. The second kappa shape index (κ2) is 6.22. The van der Waals surface area contributed by atoms with E-state index in [9.17, 15) is 8.42 Å². The smallest absolute Gasteiger partial charge is 0.243 e. The van der Waals surface area contributed by atoms with E-state index in [2.05, 4.69) is 0 Å². The molecule has 1 atom stereocenters. The maximum absolute atomic E-state index is 12.5. The molecule has 5 nitrogen and oxygen atoms in total. The largest absolute Gasteiger partial charge is 0.327 e. The van der Waals surface area contributed by atoms with Crippen LogP contribution in [0.3, 0.4) is 0 Å². The minimum atomic E-state index is -3.40. The zero-order valence-electron chi connectivity index (χ0n) is 12.1. The van der Waals surface area contributed by atoms with Gasteiger partial charge in [0.15, 0.2) is 0 Å². The fraction of sp³-hybridized carbons (Fsp3) is 0.571. The van der Waals surface area contributed by atoms with Crippen LogP contribution in [0, 0.1) is 0 Å². The molecule has 2 rings (SSSR count). The normalized spacial score (nSPS) is 21.3. The number of rotatable bonds is 4. The molecule has 0 radical (unpaired) electrons. The van der Waals surface area contributed by atoms with Crippen molar-refractivity contribution in [3.8, 4) is 0 Å². The second-order valence-electron chi connectivity index (χ2n) is 5.65. The Labute approximate surface area is 121 Å². The van der Waals surface area contributed by atoms with Crippen molar-refractivity contribution in [3.63, 3.8) is 0 Å². The summed E-state index contributed by atoms with van der Waals surface area (Å²) >= 11 is 0. The van der Waals surface area contributed by atoms with E-state index in [0.717, 1.165) is 24.9 Å². The Morgan fingerprint density at radius 2 is 1.95 bits per heavy atom. The summed E-state index contributed by atoms with van der Waals surface area (Å²) in [6, 6.07) is 7.07. The molecular weight excluding hydrogens is 274 g/mol. The number of hydrogen-bond donors (Lipinski definition) is 1. The van der Waals surface area contributed by atoms with Crippen LogP contribution in [0.1, 0.15) is 18.4 Å². The predicted molar refractivity (Wildman–Crippen MR) is 79.8 cm³/mol. The van der Waals surface area contributed by atoms with Gasteiger partial charge in [-0.05, 0) is 44.6 Å². The van der Waals surface area contributed by atoms with Crippen LogP contribution < -0.4 is 5.73 Å². The van der Waals surface area contributed by atoms with E-state index in [1.165, 1.54) is 4.31 Å². The molecule has 1 unspecified atom stereocenters. The van der Waals surface area contributed by atoms with Gasteiger partial charge in [-0.2, -0.15) is 4.31 Å². The van der Waals surface area contributed by atoms with Crippen LogP contribution in [-0.2, 0) is 16.6 Å². The van der Waals surface area contributed by atoms with Gasteiger partial charge in [-0.15, -0.1) is 0 Å². The van der Waals surface area contributed by atoms with E-state index in [1.807, 2.05) is 31.1 Å². The quantitative estimate of drug-likeness (QED) is 0.895. The average Bonchev–Trinajstić information content (AvgIpc) is 2.38. The first-order chi connectivity index (χ1) is 9.39. The van der Waals surface area contributed by atoms with Gasteiger partial charge in [-0.25, -0.2) is 8.42 Å². The first-order valence-electron chi connectivity index (χ1n) is 6.89. The molecule has 112 valence electrons. The Morgan fingerprint density at radius 1 is 1.30 bits per heavy atom. The predicted octanol–water partition coefficient (Wildman–Crippen LogP) is 0.860. The number of nitrogens with zero attached hydrogens (tertiary/aromatic N) is 2. The average molecular weight is 297 g/mol. The topological polar surface area (TPSA) is 66.6 Å². The fourth-order valence-electron chi connectivity index (χ4n) is 2.47. The zero-order chi connectivity index (χ0) is 14.8. The third-order valence-electron chi connectivity index (χ3n) is 3.48. The zero-order valence-corrected chi connectivity index (χ0v) is 12.9. The van der Waals surface area contributed by atoms with Gasteiger partial charge in [0.1, 0.15) is 0 Å². The first-order valence-corrected chi connectivity index (χ1v) is 8.33. The molecule has 0 spiro atoms. The molecule has 1 aromatic carbocycles. The Balaban J connectivity index is 2.17. The van der Waals surface area contributed by atoms with Gasteiger partial charge in [0.25, 0.3) is 0 Å². The Bertz CT molecular complexity index is 540. The van der Waals surface area contributed by atoms with E-state index in [-0.39, 0.29) is 6.04 Å². The van der Waals surface area contributed by atoms with Gasteiger partial charge in [-0.3, -0.25) is 0 Å². The molecule has 0 aliphatic carbocycles. The van der Waals surface area contributed by atoms with Crippen molar-refractivity contribution >= 4 is 10.0 Å². The Morgan fingerprint density at radius 3 is 2.50 bits per heavy atom. The maximum atomic E-state index is 12.5. The van der Waals surface area contributed by atoms with E-state index in [0.29, 0.717) is 18.0 Å². The monoisotopic (exact) mass is 297 g/mol. The van der Waals surface area contributed by atoms with Crippen LogP contribution in [0.5, 0.6) is 0 Å². The molecule has 1 aliphatic heterocycles. The molecule has 0 amide bonds. The molecule has 1 fully saturated rings. The van der Waals surface area contributed by atoms with Gasteiger partial charge in [0.05, 0.1) is 4.90 Å². The van der Waals surface area contributed by atoms with Crippen molar-refractivity contribution in [2.75, 3.05) is 27.2 Å². The Hall–Kier alpha value is -0.950. The summed E-state index contributed by atoms with van der Waals surface area (Å²) < 4.78 is 26.6. The summed E-state index contributed by atoms with van der Waals surface area (Å²) in [5.74, 6) is 0. The van der Waals surface area contributed by atoms with E-state index in [1.54, 1.807) is 12.1 Å². The van der Waals surface area contributed by atoms with Crippen molar-refractivity contribution in [2.45, 2.75) is 30.3 Å². The lowest BCUT2D eigenvalue weighted by Gasteiger charge is -2.29. The third kappa shape index (κ3) is 3.58. The lowest BCUT2D eigenvalue weighted by Crippen LogP contribution is -2.45. The van der Waals surface area contributed by atoms with Crippen molar-refractivity contribution in [1.82, 2.24) is 9.21 Å².